The van der Waals surface area contributed by atoms with Crippen molar-refractivity contribution in [3.63, 3.8) is 0 Å². The number of fused-ring (bicyclic) bond motifs is 1. The summed E-state index contributed by atoms with van der Waals surface area (Å²) >= 11 is 0. The van der Waals surface area contributed by atoms with Crippen LogP contribution >= 0.6 is 12.4 Å². The Morgan fingerprint density at radius 1 is 1.16 bits per heavy atom. The second-order valence-electron chi connectivity index (χ2n) is 6.00. The third-order valence-corrected chi connectivity index (χ3v) is 6.08. The lowest BCUT2D eigenvalue weighted by molar-refractivity contribution is -0.142. The second-order valence-corrected chi connectivity index (χ2v) is 7.94. The van der Waals surface area contributed by atoms with Gasteiger partial charge in [-0.05, 0) is 25.0 Å². The van der Waals surface area contributed by atoms with Crippen molar-refractivity contribution < 1.29 is 27.8 Å². The Balaban J connectivity index is 0.00000225. The molecule has 1 fully saturated rings. The zero-order valence-corrected chi connectivity index (χ0v) is 15.1. The van der Waals surface area contributed by atoms with Crippen molar-refractivity contribution in [2.24, 2.45) is 11.7 Å². The van der Waals surface area contributed by atoms with Gasteiger partial charge in [0, 0.05) is 25.2 Å². The quantitative estimate of drug-likeness (QED) is 0.776. The summed E-state index contributed by atoms with van der Waals surface area (Å²) in [5, 5.41) is 9.26. The SMILES string of the molecule is Cl.N[C@@H]1CC[C@H](C(=O)O)CN(S(=O)(=O)c2ccc3c(c2)OCCO3)C1. The summed E-state index contributed by atoms with van der Waals surface area (Å²) < 4.78 is 37.8. The van der Waals surface area contributed by atoms with E-state index in [1.54, 1.807) is 6.07 Å². The molecule has 2 aliphatic rings. The van der Waals surface area contributed by atoms with Crippen LogP contribution in [-0.4, -0.2) is 56.1 Å². The number of halogens is 1. The lowest BCUT2D eigenvalue weighted by Crippen LogP contribution is -2.41. The van der Waals surface area contributed by atoms with Crippen LogP contribution in [0.2, 0.25) is 0 Å². The van der Waals surface area contributed by atoms with Crippen LogP contribution in [0, 0.1) is 5.92 Å². The van der Waals surface area contributed by atoms with Gasteiger partial charge in [0.15, 0.2) is 11.5 Å². The normalized spacial score (nSPS) is 24.0. The van der Waals surface area contributed by atoms with Gasteiger partial charge in [-0.25, -0.2) is 8.42 Å². The average Bonchev–Trinajstić information content (AvgIpc) is 2.77. The van der Waals surface area contributed by atoms with E-state index in [0.29, 0.717) is 37.6 Å². The van der Waals surface area contributed by atoms with Gasteiger partial charge < -0.3 is 20.3 Å². The largest absolute Gasteiger partial charge is 0.486 e. The van der Waals surface area contributed by atoms with Crippen LogP contribution in [0.3, 0.4) is 0 Å². The molecule has 25 heavy (non-hydrogen) atoms. The fourth-order valence-corrected chi connectivity index (χ4v) is 4.47. The summed E-state index contributed by atoms with van der Waals surface area (Å²) in [7, 11) is -3.86. The smallest absolute Gasteiger partial charge is 0.307 e. The maximum absolute atomic E-state index is 12.9. The Morgan fingerprint density at radius 2 is 1.84 bits per heavy atom. The van der Waals surface area contributed by atoms with E-state index in [0.717, 1.165) is 4.31 Å². The Labute approximate surface area is 152 Å². The monoisotopic (exact) mass is 392 g/mol. The standard InChI is InChI=1S/C15H20N2O6S.ClH/c16-11-2-1-10(15(18)19)8-17(9-11)24(20,21)12-3-4-13-14(7-12)23-6-5-22-13;/h3-4,7,10-11H,1-2,5-6,8-9,16H2,(H,18,19);1H/t10-,11+;/m0./s1. The van der Waals surface area contributed by atoms with Crippen LogP contribution in [0.4, 0.5) is 0 Å². The number of benzene rings is 1. The minimum Gasteiger partial charge on any atom is -0.486 e. The van der Waals surface area contributed by atoms with Crippen LogP contribution in [0.1, 0.15) is 12.8 Å². The molecule has 0 amide bonds. The first-order chi connectivity index (χ1) is 11.4. The highest BCUT2D eigenvalue weighted by Gasteiger charge is 2.34. The topological polar surface area (TPSA) is 119 Å². The lowest BCUT2D eigenvalue weighted by atomic mass is 10.0. The Hall–Kier alpha value is -1.55. The van der Waals surface area contributed by atoms with Gasteiger partial charge in [-0.3, -0.25) is 4.79 Å². The Bertz CT molecular complexity index is 742. The summed E-state index contributed by atoms with van der Waals surface area (Å²) in [6.07, 6.45) is 0.841. The molecular formula is C15H21ClN2O6S. The highest BCUT2D eigenvalue weighted by Crippen LogP contribution is 2.33. The minimum absolute atomic E-state index is 0. The van der Waals surface area contributed by atoms with Crippen LogP contribution < -0.4 is 15.2 Å². The average molecular weight is 393 g/mol. The van der Waals surface area contributed by atoms with E-state index in [2.05, 4.69) is 0 Å². The molecule has 3 rings (SSSR count). The van der Waals surface area contributed by atoms with E-state index in [-0.39, 0.29) is 36.4 Å². The van der Waals surface area contributed by atoms with E-state index in [1.807, 2.05) is 0 Å². The molecule has 0 saturated carbocycles. The van der Waals surface area contributed by atoms with Crippen LogP contribution in [-0.2, 0) is 14.8 Å². The fourth-order valence-electron chi connectivity index (χ4n) is 2.91. The van der Waals surface area contributed by atoms with Crippen molar-refractivity contribution in [3.8, 4) is 11.5 Å². The van der Waals surface area contributed by atoms with E-state index in [1.165, 1.54) is 12.1 Å². The van der Waals surface area contributed by atoms with Crippen molar-refractivity contribution >= 4 is 28.4 Å². The van der Waals surface area contributed by atoms with E-state index in [9.17, 15) is 18.3 Å². The van der Waals surface area contributed by atoms with Crippen molar-refractivity contribution in [1.29, 1.82) is 0 Å². The molecule has 0 unspecified atom stereocenters. The predicted molar refractivity (Wildman–Crippen MR) is 91.8 cm³/mol. The van der Waals surface area contributed by atoms with E-state index < -0.39 is 21.9 Å². The van der Waals surface area contributed by atoms with Crippen molar-refractivity contribution in [2.75, 3.05) is 26.3 Å². The van der Waals surface area contributed by atoms with Crippen LogP contribution in [0.5, 0.6) is 11.5 Å². The van der Waals surface area contributed by atoms with Crippen LogP contribution in [0.25, 0.3) is 0 Å². The van der Waals surface area contributed by atoms with Gasteiger partial charge in [0.1, 0.15) is 13.2 Å². The van der Waals surface area contributed by atoms with Gasteiger partial charge >= 0.3 is 5.97 Å². The summed E-state index contributed by atoms with van der Waals surface area (Å²) in [5.41, 5.74) is 5.93. The van der Waals surface area contributed by atoms with Gasteiger partial charge in [0.05, 0.1) is 10.8 Å². The van der Waals surface area contributed by atoms with Gasteiger partial charge in [0.25, 0.3) is 0 Å². The molecule has 0 aromatic heterocycles. The summed E-state index contributed by atoms with van der Waals surface area (Å²) in [6.45, 7) is 0.785. The van der Waals surface area contributed by atoms with Gasteiger partial charge in [-0.1, -0.05) is 0 Å². The molecule has 1 saturated heterocycles. The number of sulfonamides is 1. The molecule has 8 nitrogen and oxygen atoms in total. The zero-order chi connectivity index (χ0) is 17.3. The number of aliphatic carboxylic acids is 1. The third kappa shape index (κ3) is 4.17. The summed E-state index contributed by atoms with van der Waals surface area (Å²) in [4.78, 5) is 11.4. The number of carbonyl (C=O) groups is 1. The maximum atomic E-state index is 12.9. The van der Waals surface area contributed by atoms with Crippen molar-refractivity contribution in [2.45, 2.75) is 23.8 Å². The number of nitrogens with zero attached hydrogens (tertiary/aromatic N) is 1. The molecule has 1 aromatic rings. The Morgan fingerprint density at radius 3 is 2.52 bits per heavy atom. The maximum Gasteiger partial charge on any atom is 0.307 e. The van der Waals surface area contributed by atoms with Crippen LogP contribution in [0.15, 0.2) is 23.1 Å². The predicted octanol–water partition coefficient (Wildman–Crippen LogP) is 0.692. The molecular weight excluding hydrogens is 372 g/mol. The first-order valence-corrected chi connectivity index (χ1v) is 9.20. The first kappa shape index (κ1) is 19.8. The highest BCUT2D eigenvalue weighted by atomic mass is 35.5. The number of nitrogens with two attached hydrogens (primary N) is 1. The summed E-state index contributed by atoms with van der Waals surface area (Å²) in [6, 6.07) is 4.01. The van der Waals surface area contributed by atoms with Gasteiger partial charge in [-0.15, -0.1) is 12.4 Å². The lowest BCUT2D eigenvalue weighted by Gasteiger charge is -2.25. The molecule has 3 N–H and O–H groups in total. The number of hydrogen-bond acceptors (Lipinski definition) is 6. The molecule has 2 heterocycles. The Kier molecular flexibility index (Phi) is 6.15. The minimum atomic E-state index is -3.86. The highest BCUT2D eigenvalue weighted by molar-refractivity contribution is 7.89. The first-order valence-electron chi connectivity index (χ1n) is 7.76. The molecule has 0 spiro atoms. The van der Waals surface area contributed by atoms with E-state index in [4.69, 9.17) is 15.2 Å². The molecule has 2 atom stereocenters. The zero-order valence-electron chi connectivity index (χ0n) is 13.5. The fraction of sp³-hybridized carbons (Fsp3) is 0.533. The molecule has 0 aliphatic carbocycles. The molecule has 0 bridgehead atoms. The summed E-state index contributed by atoms with van der Waals surface area (Å²) in [5.74, 6) is -0.899. The number of ether oxygens (including phenoxy) is 2. The number of rotatable bonds is 3. The molecule has 2 aliphatic heterocycles. The second kappa shape index (κ2) is 7.77. The number of carboxylic acids is 1. The molecule has 1 aromatic carbocycles. The third-order valence-electron chi connectivity index (χ3n) is 4.25. The van der Waals surface area contributed by atoms with Gasteiger partial charge in [-0.2, -0.15) is 4.31 Å². The molecule has 140 valence electrons. The number of hydrogen-bond donors (Lipinski definition) is 2. The number of carboxylic acid groups (broad SMARTS) is 1. The molecule has 10 heteroatoms. The van der Waals surface area contributed by atoms with Gasteiger partial charge in [0.2, 0.25) is 10.0 Å². The van der Waals surface area contributed by atoms with E-state index >= 15 is 0 Å². The van der Waals surface area contributed by atoms with Crippen molar-refractivity contribution in [1.82, 2.24) is 4.31 Å². The van der Waals surface area contributed by atoms with Crippen molar-refractivity contribution in [3.05, 3.63) is 18.2 Å². The molecule has 0 radical (unpaired) electrons.